The molecular weight excluding hydrogens is 747 g/mol. The van der Waals surface area contributed by atoms with Crippen molar-refractivity contribution < 1.29 is 0 Å². The maximum Gasteiger partial charge on any atom is 0.0540 e. The summed E-state index contributed by atoms with van der Waals surface area (Å²) in [4.78, 5) is 2.54. The number of benzene rings is 8. The third-order valence-electron chi connectivity index (χ3n) is 15.4. The van der Waals surface area contributed by atoms with Gasteiger partial charge in [-0.05, 0) is 159 Å². The minimum Gasteiger partial charge on any atom is -0.309 e. The Labute approximate surface area is 367 Å². The maximum absolute atomic E-state index is 2.54. The quantitative estimate of drug-likeness (QED) is 0.148. The van der Waals surface area contributed by atoms with Gasteiger partial charge in [-0.3, -0.25) is 0 Å². The van der Waals surface area contributed by atoms with Crippen LogP contribution in [-0.4, -0.2) is 0 Å². The smallest absolute Gasteiger partial charge is 0.0540 e. The Bertz CT molecular complexity index is 2910. The lowest BCUT2D eigenvalue weighted by Crippen LogP contribution is -2.48. The molecule has 0 unspecified atom stereocenters. The first-order valence-electron chi connectivity index (χ1n) is 23.0. The Morgan fingerprint density at radius 3 is 1.37 bits per heavy atom. The van der Waals surface area contributed by atoms with Crippen LogP contribution in [0.25, 0.3) is 55.6 Å². The molecule has 0 atom stereocenters. The van der Waals surface area contributed by atoms with Crippen LogP contribution in [0.15, 0.2) is 194 Å². The van der Waals surface area contributed by atoms with E-state index in [1.807, 2.05) is 0 Å². The van der Waals surface area contributed by atoms with E-state index in [4.69, 9.17) is 0 Å². The van der Waals surface area contributed by atoms with Crippen LogP contribution in [0.1, 0.15) is 69.1 Å². The van der Waals surface area contributed by atoms with E-state index in [-0.39, 0.29) is 5.41 Å². The van der Waals surface area contributed by atoms with Crippen LogP contribution in [-0.2, 0) is 10.8 Å². The summed E-state index contributed by atoms with van der Waals surface area (Å²) < 4.78 is 0. The number of fused-ring (bicyclic) bond motifs is 3. The lowest BCUT2D eigenvalue weighted by molar-refractivity contribution is -0.00518. The topological polar surface area (TPSA) is 3.24 Å². The highest BCUT2D eigenvalue weighted by Gasteiger charge is 2.51. The molecule has 0 aromatic heterocycles. The molecule has 0 radical (unpaired) electrons. The number of hydrogen-bond donors (Lipinski definition) is 0. The van der Waals surface area contributed by atoms with Gasteiger partial charge in [-0.1, -0.05) is 172 Å². The van der Waals surface area contributed by atoms with Crippen LogP contribution >= 0.6 is 0 Å². The van der Waals surface area contributed by atoms with E-state index < -0.39 is 0 Å². The van der Waals surface area contributed by atoms with Gasteiger partial charge in [0.15, 0.2) is 0 Å². The first-order chi connectivity index (χ1) is 30.4. The molecule has 1 heteroatoms. The second kappa shape index (κ2) is 14.6. The fourth-order valence-corrected chi connectivity index (χ4v) is 12.9. The van der Waals surface area contributed by atoms with E-state index >= 15 is 0 Å². The molecule has 0 N–H and O–H groups in total. The van der Waals surface area contributed by atoms with E-state index in [1.54, 1.807) is 5.56 Å². The van der Waals surface area contributed by atoms with E-state index in [1.165, 1.54) is 105 Å². The molecular formula is C61H53N. The van der Waals surface area contributed by atoms with Crippen molar-refractivity contribution in [2.75, 3.05) is 4.90 Å². The number of anilines is 3. The minimum atomic E-state index is -0.137. The molecule has 62 heavy (non-hydrogen) atoms. The van der Waals surface area contributed by atoms with Gasteiger partial charge in [0.05, 0.1) is 11.4 Å². The summed E-state index contributed by atoms with van der Waals surface area (Å²) in [6, 6.07) is 73.0. The zero-order chi connectivity index (χ0) is 41.4. The molecule has 13 rings (SSSR count). The van der Waals surface area contributed by atoms with Gasteiger partial charge in [0.2, 0.25) is 0 Å². The number of hydrogen-bond acceptors (Lipinski definition) is 1. The van der Waals surface area contributed by atoms with Gasteiger partial charge in [0, 0.05) is 22.2 Å². The second-order valence-electron chi connectivity index (χ2n) is 19.6. The third kappa shape index (κ3) is 6.19. The van der Waals surface area contributed by atoms with Gasteiger partial charge in [0.1, 0.15) is 0 Å². The molecule has 4 saturated carbocycles. The summed E-state index contributed by atoms with van der Waals surface area (Å²) in [5, 5.41) is 0. The van der Waals surface area contributed by atoms with E-state index in [0.717, 1.165) is 34.8 Å². The fraction of sp³-hybridized carbons (Fsp3) is 0.213. The average Bonchev–Trinajstić information content (AvgIpc) is 3.55. The van der Waals surface area contributed by atoms with Crippen molar-refractivity contribution in [3.63, 3.8) is 0 Å². The molecule has 0 aliphatic heterocycles. The largest absolute Gasteiger partial charge is 0.309 e. The molecule has 4 bridgehead atoms. The highest BCUT2D eigenvalue weighted by molar-refractivity contribution is 5.97. The lowest BCUT2D eigenvalue weighted by Gasteiger charge is -2.57. The molecule has 0 amide bonds. The van der Waals surface area contributed by atoms with Crippen molar-refractivity contribution in [1.29, 1.82) is 0 Å². The SMILES string of the molecule is CC1(C)c2ccccc2-c2ccc(N(c3ccc(-c4ccccc4)cc3-c3ccccc3)c3ccc(-c4ccc(C56CC7CC(CC(C7)C5)C6)cc4)cc3-c3ccccc3)cc21. The van der Waals surface area contributed by atoms with E-state index in [2.05, 4.69) is 213 Å². The summed E-state index contributed by atoms with van der Waals surface area (Å²) >= 11 is 0. The standard InChI is InChI=1S/C61H53N/c1-60(2)56-21-13-12-20-52(56)53-29-28-51(37-57(53)60)62(58-30-24-48(44-14-6-3-7-15-44)35-54(58)46-16-8-4-9-17-46)59-31-25-49(36-55(59)47-18-10-5-11-19-47)45-22-26-50(27-23-45)61-38-41-32-42(39-61)34-43(33-41)40-61/h3-31,35-37,41-43H,32-34,38-40H2,1-2H3. The molecule has 0 spiro atoms. The Kier molecular flexibility index (Phi) is 8.79. The maximum atomic E-state index is 2.54. The summed E-state index contributed by atoms with van der Waals surface area (Å²) in [5.41, 5.74) is 20.5. The first-order valence-corrected chi connectivity index (χ1v) is 23.0. The van der Waals surface area contributed by atoms with Crippen molar-refractivity contribution in [1.82, 2.24) is 0 Å². The molecule has 1 nitrogen and oxygen atoms in total. The van der Waals surface area contributed by atoms with Gasteiger partial charge in [-0.2, -0.15) is 0 Å². The molecule has 5 aliphatic carbocycles. The predicted octanol–water partition coefficient (Wildman–Crippen LogP) is 16.6. The Morgan fingerprint density at radius 2 is 0.823 bits per heavy atom. The van der Waals surface area contributed by atoms with Crippen LogP contribution in [0.5, 0.6) is 0 Å². The van der Waals surface area contributed by atoms with Gasteiger partial charge >= 0.3 is 0 Å². The van der Waals surface area contributed by atoms with Crippen LogP contribution in [0.4, 0.5) is 17.1 Å². The number of nitrogens with zero attached hydrogens (tertiary/aromatic N) is 1. The van der Waals surface area contributed by atoms with E-state index in [9.17, 15) is 0 Å². The molecule has 5 aliphatic rings. The molecule has 8 aromatic carbocycles. The van der Waals surface area contributed by atoms with Gasteiger partial charge in [-0.25, -0.2) is 0 Å². The Hall–Kier alpha value is -6.44. The zero-order valence-electron chi connectivity index (χ0n) is 35.9. The first kappa shape index (κ1) is 37.3. The van der Waals surface area contributed by atoms with Crippen molar-refractivity contribution in [2.45, 2.75) is 63.2 Å². The van der Waals surface area contributed by atoms with Crippen molar-refractivity contribution in [3.05, 3.63) is 211 Å². The lowest BCUT2D eigenvalue weighted by atomic mass is 9.48. The van der Waals surface area contributed by atoms with Crippen molar-refractivity contribution >= 4 is 17.1 Å². The normalized spacial score (nSPS) is 21.4. The third-order valence-corrected chi connectivity index (χ3v) is 15.4. The fourth-order valence-electron chi connectivity index (χ4n) is 12.9. The molecule has 302 valence electrons. The summed E-state index contributed by atoms with van der Waals surface area (Å²) in [7, 11) is 0. The van der Waals surface area contributed by atoms with Crippen LogP contribution in [0, 0.1) is 17.8 Å². The average molecular weight is 800 g/mol. The van der Waals surface area contributed by atoms with Crippen molar-refractivity contribution in [3.8, 4) is 55.6 Å². The van der Waals surface area contributed by atoms with Crippen molar-refractivity contribution in [2.24, 2.45) is 17.8 Å². The van der Waals surface area contributed by atoms with Crippen LogP contribution < -0.4 is 4.90 Å². The summed E-state index contributed by atoms with van der Waals surface area (Å²) in [6.07, 6.45) is 8.61. The van der Waals surface area contributed by atoms with Gasteiger partial charge < -0.3 is 4.90 Å². The van der Waals surface area contributed by atoms with Crippen LogP contribution in [0.3, 0.4) is 0 Å². The van der Waals surface area contributed by atoms with Gasteiger partial charge in [-0.15, -0.1) is 0 Å². The highest BCUT2D eigenvalue weighted by atomic mass is 15.1. The number of rotatable bonds is 8. The molecule has 0 heterocycles. The summed E-state index contributed by atoms with van der Waals surface area (Å²) in [5.74, 6) is 2.82. The Morgan fingerprint density at radius 1 is 0.371 bits per heavy atom. The second-order valence-corrected chi connectivity index (χ2v) is 19.6. The molecule has 0 saturated heterocycles. The Balaban J connectivity index is 1.04. The minimum absolute atomic E-state index is 0.137. The van der Waals surface area contributed by atoms with Crippen LogP contribution in [0.2, 0.25) is 0 Å². The highest BCUT2D eigenvalue weighted by Crippen LogP contribution is 2.61. The zero-order valence-corrected chi connectivity index (χ0v) is 35.9. The molecule has 8 aromatic rings. The van der Waals surface area contributed by atoms with E-state index in [0.29, 0.717) is 5.41 Å². The predicted molar refractivity (Wildman–Crippen MR) is 260 cm³/mol. The van der Waals surface area contributed by atoms with Gasteiger partial charge in [0.25, 0.3) is 0 Å². The monoisotopic (exact) mass is 799 g/mol. The molecule has 4 fully saturated rings. The summed E-state index contributed by atoms with van der Waals surface area (Å²) in [6.45, 7) is 4.77.